The van der Waals surface area contributed by atoms with Crippen LogP contribution in [0.2, 0.25) is 0 Å². The zero-order valence-electron chi connectivity index (χ0n) is 10.8. The van der Waals surface area contributed by atoms with E-state index in [4.69, 9.17) is 10.3 Å². The molecular weight excluding hydrogens is 257 g/mol. The number of rotatable bonds is 2. The summed E-state index contributed by atoms with van der Waals surface area (Å²) in [5.41, 5.74) is 8.80. The van der Waals surface area contributed by atoms with Gasteiger partial charge in [-0.25, -0.2) is 4.39 Å². The molecule has 5 heteroatoms. The Bertz CT molecular complexity index is 767. The number of hydrogen-bond donors (Lipinski definition) is 1. The molecule has 100 valence electrons. The third kappa shape index (κ3) is 2.14. The summed E-state index contributed by atoms with van der Waals surface area (Å²) in [6, 6.07) is 8.07. The van der Waals surface area contributed by atoms with Crippen LogP contribution in [-0.4, -0.2) is 10.1 Å². The molecule has 0 aliphatic rings. The molecule has 0 radical (unpaired) electrons. The topological polar surface area (TPSA) is 64.9 Å². The number of nitrogens with two attached hydrogens (primary N) is 1. The molecule has 0 aliphatic carbocycles. The van der Waals surface area contributed by atoms with Crippen LogP contribution in [0.25, 0.3) is 22.5 Å². The van der Waals surface area contributed by atoms with Gasteiger partial charge in [-0.2, -0.15) is 0 Å². The second kappa shape index (κ2) is 4.77. The lowest BCUT2D eigenvalue weighted by atomic mass is 10.0. The first-order valence-electron chi connectivity index (χ1n) is 6.08. The van der Waals surface area contributed by atoms with Crippen LogP contribution in [0, 0.1) is 12.7 Å². The molecule has 0 spiro atoms. The van der Waals surface area contributed by atoms with Gasteiger partial charge >= 0.3 is 0 Å². The van der Waals surface area contributed by atoms with Gasteiger partial charge in [-0.05, 0) is 36.2 Å². The number of benzene rings is 1. The number of aromatic nitrogens is 2. The highest BCUT2D eigenvalue weighted by Gasteiger charge is 2.18. The molecule has 20 heavy (non-hydrogen) atoms. The molecule has 0 aliphatic heterocycles. The maximum absolute atomic E-state index is 13.4. The van der Waals surface area contributed by atoms with E-state index in [0.29, 0.717) is 16.9 Å². The molecule has 3 rings (SSSR count). The Labute approximate surface area is 115 Å². The first kappa shape index (κ1) is 12.3. The zero-order chi connectivity index (χ0) is 14.1. The summed E-state index contributed by atoms with van der Waals surface area (Å²) in [4.78, 5) is 4.12. The average molecular weight is 269 g/mol. The molecule has 4 nitrogen and oxygen atoms in total. The lowest BCUT2D eigenvalue weighted by Gasteiger charge is -2.03. The number of hydrogen-bond acceptors (Lipinski definition) is 4. The predicted octanol–water partition coefficient (Wildman–Crippen LogP) is 3.43. The van der Waals surface area contributed by atoms with Crippen LogP contribution in [0.4, 0.5) is 10.2 Å². The molecule has 2 aromatic heterocycles. The van der Waals surface area contributed by atoms with Crippen LogP contribution in [0.1, 0.15) is 5.56 Å². The Morgan fingerprint density at radius 3 is 2.75 bits per heavy atom. The molecule has 0 fully saturated rings. The molecule has 1 aromatic carbocycles. The van der Waals surface area contributed by atoms with Crippen molar-refractivity contribution < 1.29 is 8.91 Å². The van der Waals surface area contributed by atoms with E-state index in [1.807, 2.05) is 13.0 Å². The molecule has 2 N–H and O–H groups in total. The van der Waals surface area contributed by atoms with E-state index >= 15 is 0 Å². The number of nitrogen functional groups attached to an aromatic ring is 1. The van der Waals surface area contributed by atoms with Gasteiger partial charge in [0, 0.05) is 18.0 Å². The summed E-state index contributed by atoms with van der Waals surface area (Å²) >= 11 is 0. The van der Waals surface area contributed by atoms with Gasteiger partial charge in [0.25, 0.3) is 0 Å². The van der Waals surface area contributed by atoms with E-state index in [2.05, 4.69) is 10.1 Å². The summed E-state index contributed by atoms with van der Waals surface area (Å²) in [6.45, 7) is 1.93. The maximum Gasteiger partial charge on any atom is 0.178 e. The van der Waals surface area contributed by atoms with E-state index in [1.165, 1.54) is 12.1 Å². The minimum absolute atomic E-state index is 0.229. The van der Waals surface area contributed by atoms with Crippen LogP contribution in [0.3, 0.4) is 0 Å². The number of nitrogens with zero attached hydrogens (tertiary/aromatic N) is 2. The standard InChI is InChI=1S/C15H12FN3O/c1-9-5-11(8-18-7-9)14-13(15(17)19-20-14)10-3-2-4-12(16)6-10/h2-8H,1H3,(H2,17,19). The Morgan fingerprint density at radius 2 is 2.00 bits per heavy atom. The zero-order valence-corrected chi connectivity index (χ0v) is 10.8. The SMILES string of the molecule is Cc1cncc(-c2onc(N)c2-c2cccc(F)c2)c1. The third-order valence-electron chi connectivity index (χ3n) is 2.97. The van der Waals surface area contributed by atoms with E-state index in [1.54, 1.807) is 24.5 Å². The van der Waals surface area contributed by atoms with Gasteiger partial charge in [-0.1, -0.05) is 17.3 Å². The van der Waals surface area contributed by atoms with Crippen molar-refractivity contribution in [2.45, 2.75) is 6.92 Å². The van der Waals surface area contributed by atoms with Crippen molar-refractivity contribution in [1.29, 1.82) is 0 Å². The maximum atomic E-state index is 13.4. The summed E-state index contributed by atoms with van der Waals surface area (Å²) in [7, 11) is 0. The van der Waals surface area contributed by atoms with E-state index in [9.17, 15) is 4.39 Å². The van der Waals surface area contributed by atoms with Crippen molar-refractivity contribution in [1.82, 2.24) is 10.1 Å². The number of anilines is 1. The normalized spacial score (nSPS) is 10.7. The minimum atomic E-state index is -0.337. The summed E-state index contributed by atoms with van der Waals surface area (Å²) in [5.74, 6) is 0.382. The molecule has 0 saturated carbocycles. The molecule has 0 saturated heterocycles. The molecule has 2 heterocycles. The molecule has 0 atom stereocenters. The lowest BCUT2D eigenvalue weighted by Crippen LogP contribution is -1.90. The van der Waals surface area contributed by atoms with Crippen LogP contribution in [-0.2, 0) is 0 Å². The van der Waals surface area contributed by atoms with Gasteiger partial charge in [0.2, 0.25) is 0 Å². The fraction of sp³-hybridized carbons (Fsp3) is 0.0667. The lowest BCUT2D eigenvalue weighted by molar-refractivity contribution is 0.436. The summed E-state index contributed by atoms with van der Waals surface area (Å²) in [6.07, 6.45) is 3.40. The van der Waals surface area contributed by atoms with Crippen LogP contribution in [0.5, 0.6) is 0 Å². The van der Waals surface area contributed by atoms with Crippen molar-refractivity contribution in [3.8, 4) is 22.5 Å². The Balaban J connectivity index is 2.20. The van der Waals surface area contributed by atoms with Crippen molar-refractivity contribution >= 4 is 5.82 Å². The largest absolute Gasteiger partial charge is 0.380 e. The van der Waals surface area contributed by atoms with Crippen LogP contribution < -0.4 is 5.73 Å². The molecule has 0 unspecified atom stereocenters. The fourth-order valence-electron chi connectivity index (χ4n) is 2.10. The Kier molecular flexibility index (Phi) is 2.95. The summed E-state index contributed by atoms with van der Waals surface area (Å²) in [5, 5.41) is 3.78. The molecule has 0 bridgehead atoms. The second-order valence-electron chi connectivity index (χ2n) is 4.53. The van der Waals surface area contributed by atoms with Gasteiger partial charge in [0.05, 0.1) is 5.56 Å². The van der Waals surface area contributed by atoms with Crippen LogP contribution >= 0.6 is 0 Å². The van der Waals surface area contributed by atoms with Crippen LogP contribution in [0.15, 0.2) is 47.2 Å². The summed E-state index contributed by atoms with van der Waals surface area (Å²) < 4.78 is 18.7. The highest BCUT2D eigenvalue weighted by molar-refractivity contribution is 5.86. The Morgan fingerprint density at radius 1 is 1.15 bits per heavy atom. The Hall–Kier alpha value is -2.69. The van der Waals surface area contributed by atoms with Gasteiger partial charge in [0.1, 0.15) is 5.82 Å². The van der Waals surface area contributed by atoms with Gasteiger partial charge in [-0.15, -0.1) is 0 Å². The fourth-order valence-corrected chi connectivity index (χ4v) is 2.10. The average Bonchev–Trinajstić information content (AvgIpc) is 2.80. The number of aryl methyl sites for hydroxylation is 1. The number of halogens is 1. The van der Waals surface area contributed by atoms with Gasteiger partial charge in [-0.3, -0.25) is 4.98 Å². The first-order chi connectivity index (χ1) is 9.65. The van der Waals surface area contributed by atoms with Crippen molar-refractivity contribution in [3.63, 3.8) is 0 Å². The predicted molar refractivity (Wildman–Crippen MR) is 74.3 cm³/mol. The minimum Gasteiger partial charge on any atom is -0.380 e. The first-order valence-corrected chi connectivity index (χ1v) is 6.08. The van der Waals surface area contributed by atoms with Gasteiger partial charge < -0.3 is 10.3 Å². The monoisotopic (exact) mass is 269 g/mol. The van der Waals surface area contributed by atoms with Crippen molar-refractivity contribution in [3.05, 3.63) is 54.1 Å². The molecule has 3 aromatic rings. The van der Waals surface area contributed by atoms with E-state index in [0.717, 1.165) is 11.1 Å². The highest BCUT2D eigenvalue weighted by Crippen LogP contribution is 2.36. The molecule has 0 amide bonds. The smallest absolute Gasteiger partial charge is 0.178 e. The third-order valence-corrected chi connectivity index (χ3v) is 2.97. The number of pyridine rings is 1. The second-order valence-corrected chi connectivity index (χ2v) is 4.53. The quantitative estimate of drug-likeness (QED) is 0.774. The highest BCUT2D eigenvalue weighted by atomic mass is 19.1. The van der Waals surface area contributed by atoms with E-state index < -0.39 is 0 Å². The van der Waals surface area contributed by atoms with Gasteiger partial charge in [0.15, 0.2) is 11.6 Å². The molecular formula is C15H12FN3O. The van der Waals surface area contributed by atoms with Crippen molar-refractivity contribution in [2.24, 2.45) is 0 Å². The van der Waals surface area contributed by atoms with E-state index in [-0.39, 0.29) is 11.6 Å². The van der Waals surface area contributed by atoms with Crippen molar-refractivity contribution in [2.75, 3.05) is 5.73 Å².